The molecular weight excluding hydrogens is 304 g/mol. The summed E-state index contributed by atoms with van der Waals surface area (Å²) < 4.78 is 7.29. The van der Waals surface area contributed by atoms with Gasteiger partial charge >= 0.3 is 5.97 Å². The van der Waals surface area contributed by atoms with Crippen molar-refractivity contribution in [2.75, 3.05) is 0 Å². The molecular formula is C19H28N2O3. The molecule has 1 heterocycles. The fraction of sp³-hybridized carbons (Fsp3) is 0.684. The number of fused-ring (bicyclic) bond motifs is 3. The molecule has 0 saturated heterocycles. The van der Waals surface area contributed by atoms with E-state index < -0.39 is 16.6 Å². The monoisotopic (exact) mass is 332 g/mol. The summed E-state index contributed by atoms with van der Waals surface area (Å²) in [6, 6.07) is 3.74. The Balaban J connectivity index is 1.96. The van der Waals surface area contributed by atoms with Crippen LogP contribution in [0, 0.1) is 5.41 Å². The largest absolute Gasteiger partial charge is 0.460 e. The number of aryl methyl sites for hydroxylation is 1. The van der Waals surface area contributed by atoms with Crippen molar-refractivity contribution < 1.29 is 9.53 Å². The molecule has 0 amide bonds. The van der Waals surface area contributed by atoms with Crippen LogP contribution in [0.2, 0.25) is 0 Å². The maximum absolute atomic E-state index is 12.9. The van der Waals surface area contributed by atoms with Crippen LogP contribution in [0.25, 0.3) is 0 Å². The molecule has 3 fully saturated rings. The quantitative estimate of drug-likeness (QED) is 0.844. The van der Waals surface area contributed by atoms with Crippen molar-refractivity contribution in [1.29, 1.82) is 0 Å². The second-order valence-electron chi connectivity index (χ2n) is 8.65. The molecule has 132 valence electrons. The van der Waals surface area contributed by atoms with Gasteiger partial charge in [0.25, 0.3) is 5.56 Å². The Kier molecular flexibility index (Phi) is 3.91. The van der Waals surface area contributed by atoms with Crippen LogP contribution in [-0.2, 0) is 16.6 Å². The van der Waals surface area contributed by atoms with Gasteiger partial charge in [-0.25, -0.2) is 0 Å². The molecule has 1 atom stereocenters. The highest BCUT2D eigenvalue weighted by molar-refractivity contribution is 5.78. The van der Waals surface area contributed by atoms with E-state index in [1.807, 2.05) is 32.9 Å². The third kappa shape index (κ3) is 2.79. The van der Waals surface area contributed by atoms with E-state index in [1.165, 1.54) is 0 Å². The number of carbonyl (C=O) groups excluding carboxylic acids is 1. The van der Waals surface area contributed by atoms with Crippen LogP contribution in [0.5, 0.6) is 0 Å². The van der Waals surface area contributed by atoms with Crippen molar-refractivity contribution in [2.45, 2.75) is 69.9 Å². The van der Waals surface area contributed by atoms with E-state index in [2.05, 4.69) is 0 Å². The summed E-state index contributed by atoms with van der Waals surface area (Å²) in [6.07, 6.45) is 5.38. The van der Waals surface area contributed by atoms with Crippen LogP contribution in [0.3, 0.4) is 0 Å². The highest BCUT2D eigenvalue weighted by atomic mass is 16.6. The SMILES string of the molecule is Cn1cccc(C2CC3(C(=O)OC(C)(C)C)CCC2(N)CC3)c1=O. The predicted octanol–water partition coefficient (Wildman–Crippen LogP) is 2.47. The number of hydrogen-bond donors (Lipinski definition) is 1. The molecule has 2 bridgehead atoms. The van der Waals surface area contributed by atoms with Crippen LogP contribution in [0.4, 0.5) is 0 Å². The van der Waals surface area contributed by atoms with Crippen molar-refractivity contribution in [1.82, 2.24) is 4.57 Å². The summed E-state index contributed by atoms with van der Waals surface area (Å²) in [4.78, 5) is 25.5. The number of aromatic nitrogens is 1. The summed E-state index contributed by atoms with van der Waals surface area (Å²) in [6.45, 7) is 5.68. The van der Waals surface area contributed by atoms with E-state index in [-0.39, 0.29) is 17.4 Å². The molecule has 24 heavy (non-hydrogen) atoms. The van der Waals surface area contributed by atoms with Gasteiger partial charge in [0.1, 0.15) is 5.60 Å². The van der Waals surface area contributed by atoms with Crippen molar-refractivity contribution in [3.63, 3.8) is 0 Å². The van der Waals surface area contributed by atoms with Gasteiger partial charge in [-0.05, 0) is 58.9 Å². The lowest BCUT2D eigenvalue weighted by molar-refractivity contribution is -0.175. The molecule has 4 rings (SSSR count). The zero-order valence-electron chi connectivity index (χ0n) is 15.1. The third-order valence-corrected chi connectivity index (χ3v) is 5.79. The lowest BCUT2D eigenvalue weighted by Crippen LogP contribution is -2.60. The second kappa shape index (κ2) is 5.45. The van der Waals surface area contributed by atoms with E-state index in [9.17, 15) is 9.59 Å². The Morgan fingerprint density at radius 3 is 2.50 bits per heavy atom. The van der Waals surface area contributed by atoms with Gasteiger partial charge in [-0.3, -0.25) is 9.59 Å². The predicted molar refractivity (Wildman–Crippen MR) is 92.7 cm³/mol. The van der Waals surface area contributed by atoms with Gasteiger partial charge in [-0.2, -0.15) is 0 Å². The number of ether oxygens (including phenoxy) is 1. The van der Waals surface area contributed by atoms with Crippen LogP contribution >= 0.6 is 0 Å². The summed E-state index contributed by atoms with van der Waals surface area (Å²) in [5, 5.41) is 0. The number of rotatable bonds is 2. The topological polar surface area (TPSA) is 74.3 Å². The summed E-state index contributed by atoms with van der Waals surface area (Å²) in [5.74, 6) is -0.220. The van der Waals surface area contributed by atoms with Crippen molar-refractivity contribution in [3.8, 4) is 0 Å². The average molecular weight is 332 g/mol. The molecule has 5 heteroatoms. The molecule has 1 unspecified atom stereocenters. The minimum Gasteiger partial charge on any atom is -0.460 e. The number of esters is 1. The highest BCUT2D eigenvalue weighted by Gasteiger charge is 2.57. The van der Waals surface area contributed by atoms with E-state index in [0.717, 1.165) is 31.2 Å². The Morgan fingerprint density at radius 2 is 1.92 bits per heavy atom. The van der Waals surface area contributed by atoms with E-state index in [1.54, 1.807) is 17.8 Å². The minimum atomic E-state index is -0.501. The van der Waals surface area contributed by atoms with Gasteiger partial charge < -0.3 is 15.0 Å². The lowest BCUT2D eigenvalue weighted by atomic mass is 9.52. The number of nitrogens with zero attached hydrogens (tertiary/aromatic N) is 1. The van der Waals surface area contributed by atoms with Gasteiger partial charge in [-0.15, -0.1) is 0 Å². The van der Waals surface area contributed by atoms with Gasteiger partial charge in [0, 0.05) is 30.3 Å². The molecule has 0 aliphatic heterocycles. The maximum Gasteiger partial charge on any atom is 0.312 e. The Hall–Kier alpha value is -1.62. The van der Waals surface area contributed by atoms with Gasteiger partial charge in [-0.1, -0.05) is 6.07 Å². The lowest BCUT2D eigenvalue weighted by Gasteiger charge is -2.55. The summed E-state index contributed by atoms with van der Waals surface area (Å²) in [7, 11) is 1.75. The normalized spacial score (nSPS) is 32.6. The fourth-order valence-electron chi connectivity index (χ4n) is 4.32. The zero-order chi connectivity index (χ0) is 17.8. The van der Waals surface area contributed by atoms with Crippen LogP contribution < -0.4 is 11.3 Å². The Morgan fingerprint density at radius 1 is 1.29 bits per heavy atom. The van der Waals surface area contributed by atoms with E-state index in [4.69, 9.17) is 10.5 Å². The fourth-order valence-corrected chi connectivity index (χ4v) is 4.32. The molecule has 0 spiro atoms. The number of hydrogen-bond acceptors (Lipinski definition) is 4. The molecule has 5 nitrogen and oxygen atoms in total. The molecule has 1 aromatic heterocycles. The number of nitrogens with two attached hydrogens (primary N) is 1. The second-order valence-corrected chi connectivity index (χ2v) is 8.65. The van der Waals surface area contributed by atoms with Gasteiger partial charge in [0.2, 0.25) is 0 Å². The smallest absolute Gasteiger partial charge is 0.312 e. The van der Waals surface area contributed by atoms with Crippen molar-refractivity contribution in [3.05, 3.63) is 34.2 Å². The zero-order valence-corrected chi connectivity index (χ0v) is 15.1. The van der Waals surface area contributed by atoms with Crippen molar-refractivity contribution in [2.24, 2.45) is 18.2 Å². The molecule has 0 radical (unpaired) electrons. The third-order valence-electron chi connectivity index (χ3n) is 5.79. The van der Waals surface area contributed by atoms with Crippen molar-refractivity contribution >= 4 is 5.97 Å². The van der Waals surface area contributed by atoms with Crippen LogP contribution in [0.15, 0.2) is 23.1 Å². The van der Waals surface area contributed by atoms with Gasteiger partial charge in [0.05, 0.1) is 5.41 Å². The summed E-state index contributed by atoms with van der Waals surface area (Å²) >= 11 is 0. The average Bonchev–Trinajstić information content (AvgIpc) is 2.49. The number of pyridine rings is 1. The standard InChI is InChI=1S/C19H28N2O3/c1-17(2,3)24-16(23)18-7-9-19(20,10-8-18)14(12-18)13-6-5-11-21(4)15(13)22/h5-6,11,14H,7-10,12,20H2,1-4H3. The maximum atomic E-state index is 12.9. The van der Waals surface area contributed by atoms with Gasteiger partial charge in [0.15, 0.2) is 0 Å². The van der Waals surface area contributed by atoms with Crippen LogP contribution in [0.1, 0.15) is 64.4 Å². The first-order valence-corrected chi connectivity index (χ1v) is 8.74. The first-order chi connectivity index (χ1) is 11.1. The molecule has 1 aromatic rings. The number of carbonyl (C=O) groups is 1. The molecule has 2 N–H and O–H groups in total. The Bertz CT molecular complexity index is 706. The molecule has 0 aromatic carbocycles. The summed E-state index contributed by atoms with van der Waals surface area (Å²) in [5.41, 5.74) is 6.00. The molecule has 3 aliphatic carbocycles. The minimum absolute atomic E-state index is 0.0146. The van der Waals surface area contributed by atoms with Crippen LogP contribution in [-0.4, -0.2) is 21.7 Å². The molecule has 3 aliphatic rings. The molecule has 3 saturated carbocycles. The van der Waals surface area contributed by atoms with E-state index in [0.29, 0.717) is 6.42 Å². The highest BCUT2D eigenvalue weighted by Crippen LogP contribution is 2.57. The first kappa shape index (κ1) is 17.2. The Labute approximate surface area is 143 Å². The first-order valence-electron chi connectivity index (χ1n) is 8.74. The van der Waals surface area contributed by atoms with E-state index >= 15 is 0 Å².